The van der Waals surface area contributed by atoms with E-state index in [1.165, 1.54) is 5.56 Å². The number of hydrogen-bond acceptors (Lipinski definition) is 3. The van der Waals surface area contributed by atoms with Crippen LogP contribution in [0.5, 0.6) is 5.75 Å². The molecule has 0 fully saturated rings. The van der Waals surface area contributed by atoms with Crippen LogP contribution in [0.15, 0.2) is 152 Å². The fourth-order valence-corrected chi connectivity index (χ4v) is 9.80. The standard InChI is InChI=1S/C67H70N3O.Pt/c1-41(2)48-38-55(42(3)4)63(71)56(39-48)64-69-62-54(49-35-50(37-52(36-49)66(9,10)11)58-40-46(32-33-68-58)44-26-29-51(30-27-44)65(6,7)8)23-19-25-60(62)70(64)59-31-28-47(34-43(59)5)61-53(45-20-16-15-17-21-45)22-18-24-57(61)67(12,13)14;/h15-34,36-42,71H,1-14H3;/q-1;/i5D3;. The second-order valence-electron chi connectivity index (χ2n) is 23.0. The second-order valence-corrected chi connectivity index (χ2v) is 23.0. The second kappa shape index (κ2) is 19.9. The van der Waals surface area contributed by atoms with Gasteiger partial charge in [0, 0.05) is 37.1 Å². The van der Waals surface area contributed by atoms with Crippen molar-refractivity contribution in [3.8, 4) is 78.6 Å². The van der Waals surface area contributed by atoms with Crippen LogP contribution in [0.3, 0.4) is 0 Å². The first-order chi connectivity index (χ1) is 34.8. The minimum atomic E-state index is -2.55. The summed E-state index contributed by atoms with van der Waals surface area (Å²) in [6, 6.07) is 53.9. The van der Waals surface area contributed by atoms with Crippen molar-refractivity contribution in [3.63, 3.8) is 0 Å². The largest absolute Gasteiger partial charge is 0.507 e. The van der Waals surface area contributed by atoms with E-state index in [-0.39, 0.29) is 60.5 Å². The summed E-state index contributed by atoms with van der Waals surface area (Å²) in [4.78, 5) is 10.5. The van der Waals surface area contributed by atoms with Crippen LogP contribution in [0.1, 0.15) is 139 Å². The van der Waals surface area contributed by atoms with Crippen molar-refractivity contribution in [2.75, 3.05) is 0 Å². The molecule has 0 aliphatic heterocycles. The molecule has 2 aromatic heterocycles. The smallest absolute Gasteiger partial charge is 0.148 e. The van der Waals surface area contributed by atoms with Gasteiger partial charge in [0.2, 0.25) is 0 Å². The molecule has 5 heteroatoms. The average Bonchev–Trinajstić information content (AvgIpc) is 3.74. The maximum atomic E-state index is 12.4. The van der Waals surface area contributed by atoms with Crippen LogP contribution in [-0.4, -0.2) is 19.6 Å². The molecular weight excluding hydrogens is 1060 g/mol. The minimum Gasteiger partial charge on any atom is -0.507 e. The summed E-state index contributed by atoms with van der Waals surface area (Å²) in [6.07, 6.45) is 1.87. The summed E-state index contributed by atoms with van der Waals surface area (Å²) in [5, 5.41) is 12.4. The predicted molar refractivity (Wildman–Crippen MR) is 301 cm³/mol. The Labute approximate surface area is 448 Å². The quantitative estimate of drug-likeness (QED) is 0.147. The van der Waals surface area contributed by atoms with Crippen LogP contribution in [0.2, 0.25) is 0 Å². The van der Waals surface area contributed by atoms with Crippen molar-refractivity contribution in [1.29, 1.82) is 0 Å². The number of hydrogen-bond donors (Lipinski definition) is 1. The first-order valence-electron chi connectivity index (χ1n) is 26.7. The van der Waals surface area contributed by atoms with Crippen molar-refractivity contribution >= 4 is 11.0 Å². The summed E-state index contributed by atoms with van der Waals surface area (Å²) in [7, 11) is 0. The number of rotatable bonds is 9. The zero-order valence-electron chi connectivity index (χ0n) is 47.2. The van der Waals surface area contributed by atoms with Gasteiger partial charge in [-0.2, -0.15) is 0 Å². The molecule has 2 heterocycles. The molecule has 7 aromatic carbocycles. The first-order valence-corrected chi connectivity index (χ1v) is 25.2. The summed E-state index contributed by atoms with van der Waals surface area (Å²) in [5.41, 5.74) is 16.8. The van der Waals surface area contributed by atoms with Gasteiger partial charge in [0.15, 0.2) is 0 Å². The molecule has 0 saturated carbocycles. The zero-order valence-corrected chi connectivity index (χ0v) is 46.5. The van der Waals surface area contributed by atoms with Gasteiger partial charge < -0.3 is 5.11 Å². The molecule has 0 spiro atoms. The SMILES string of the molecule is [2H]C([2H])([2H])c1cc(-c2c(-c3ccccc3)cccc2C(C)(C)C)ccc1-n1c(-c2cc(C(C)C)cc(C(C)C)c2O)nc2c(-c3[c-]c(-c4cc(-c5ccc(C(C)(C)C)cc5)ccn4)cc(C(C)(C)C)c3)cccc21.[Pt]. The molecule has 0 aliphatic rings. The van der Waals surface area contributed by atoms with Gasteiger partial charge in [-0.05, 0) is 126 Å². The van der Waals surface area contributed by atoms with Crippen LogP contribution in [-0.2, 0) is 37.3 Å². The Morgan fingerprint density at radius 2 is 1.24 bits per heavy atom. The number of fused-ring (bicyclic) bond motifs is 1. The van der Waals surface area contributed by atoms with Crippen molar-refractivity contribution in [2.45, 2.75) is 125 Å². The van der Waals surface area contributed by atoms with Gasteiger partial charge in [0.25, 0.3) is 0 Å². The number of aromatic hydroxyl groups is 1. The number of benzene rings is 7. The maximum Gasteiger partial charge on any atom is 0.148 e. The minimum absolute atomic E-state index is 0. The van der Waals surface area contributed by atoms with Gasteiger partial charge in [-0.25, -0.2) is 4.98 Å². The topological polar surface area (TPSA) is 50.9 Å². The number of pyridine rings is 1. The fraction of sp³-hybridized carbons (Fsp3) is 0.284. The Balaban J connectivity index is 0.00000747. The van der Waals surface area contributed by atoms with E-state index in [0.717, 1.165) is 78.0 Å². The van der Waals surface area contributed by atoms with Gasteiger partial charge >= 0.3 is 0 Å². The van der Waals surface area contributed by atoms with Gasteiger partial charge in [0.1, 0.15) is 11.6 Å². The number of para-hydroxylation sites is 1. The summed E-state index contributed by atoms with van der Waals surface area (Å²) in [6.45, 7) is 25.8. The molecule has 1 N–H and O–H groups in total. The summed E-state index contributed by atoms with van der Waals surface area (Å²) < 4.78 is 29.8. The molecular formula is C67H70N3OPt-. The van der Waals surface area contributed by atoms with E-state index in [0.29, 0.717) is 28.1 Å². The molecule has 9 aromatic rings. The van der Waals surface area contributed by atoms with Crippen molar-refractivity contribution in [3.05, 3.63) is 191 Å². The van der Waals surface area contributed by atoms with Crippen molar-refractivity contribution in [2.24, 2.45) is 0 Å². The molecule has 0 bridgehead atoms. The molecule has 0 amide bonds. The number of imidazole rings is 1. The molecule has 72 heavy (non-hydrogen) atoms. The Morgan fingerprint density at radius 1 is 0.569 bits per heavy atom. The van der Waals surface area contributed by atoms with Gasteiger partial charge in [-0.1, -0.05) is 204 Å². The van der Waals surface area contributed by atoms with Crippen molar-refractivity contribution in [1.82, 2.24) is 14.5 Å². The third-order valence-corrected chi connectivity index (χ3v) is 14.0. The number of aryl methyl sites for hydroxylation is 1. The van der Waals surface area contributed by atoms with Crippen LogP contribution in [0.25, 0.3) is 83.9 Å². The van der Waals surface area contributed by atoms with E-state index in [2.05, 4.69) is 193 Å². The average molecular weight is 1130 g/mol. The Kier molecular flexibility index (Phi) is 13.3. The van der Waals surface area contributed by atoms with Gasteiger partial charge in [-0.15, -0.1) is 29.3 Å². The number of nitrogens with zero attached hydrogens (tertiary/aromatic N) is 3. The number of phenols is 1. The van der Waals surface area contributed by atoms with Crippen LogP contribution in [0.4, 0.5) is 0 Å². The monoisotopic (exact) mass is 1130 g/mol. The van der Waals surface area contributed by atoms with E-state index >= 15 is 0 Å². The molecule has 0 atom stereocenters. The van der Waals surface area contributed by atoms with Crippen molar-refractivity contribution < 1.29 is 30.3 Å². The Morgan fingerprint density at radius 3 is 1.89 bits per heavy atom. The third kappa shape index (κ3) is 10.2. The molecule has 0 unspecified atom stereocenters. The first kappa shape index (κ1) is 47.9. The molecule has 4 nitrogen and oxygen atoms in total. The number of aromatic nitrogens is 3. The predicted octanol–water partition coefficient (Wildman–Crippen LogP) is 18.4. The molecule has 370 valence electrons. The van der Waals surface area contributed by atoms with E-state index in [1.54, 1.807) is 0 Å². The maximum absolute atomic E-state index is 12.4. The van der Waals surface area contributed by atoms with Gasteiger partial charge in [0.05, 0.1) is 22.3 Å². The summed E-state index contributed by atoms with van der Waals surface area (Å²) >= 11 is 0. The van der Waals surface area contributed by atoms with Crippen LogP contribution in [0, 0.1) is 12.9 Å². The molecule has 9 rings (SSSR count). The molecule has 0 aliphatic carbocycles. The van der Waals surface area contributed by atoms with E-state index in [4.69, 9.17) is 9.97 Å². The summed E-state index contributed by atoms with van der Waals surface area (Å²) in [5.74, 6) is 0.723. The number of phenolic OH excluding ortho intramolecular Hbond substituents is 1. The fourth-order valence-electron chi connectivity index (χ4n) is 9.80. The van der Waals surface area contributed by atoms with E-state index in [9.17, 15) is 9.22 Å². The normalized spacial score (nSPS) is 13.0. The molecule has 0 saturated heterocycles. The van der Waals surface area contributed by atoms with Crippen LogP contribution >= 0.6 is 0 Å². The van der Waals surface area contributed by atoms with Crippen LogP contribution < -0.4 is 0 Å². The zero-order chi connectivity index (χ0) is 53.2. The van der Waals surface area contributed by atoms with E-state index in [1.807, 2.05) is 59.3 Å². The molecule has 0 radical (unpaired) electrons. The van der Waals surface area contributed by atoms with E-state index < -0.39 is 6.85 Å². The third-order valence-electron chi connectivity index (χ3n) is 14.0. The Bertz CT molecular complexity index is 3550. The van der Waals surface area contributed by atoms with Gasteiger partial charge in [-0.3, -0.25) is 9.55 Å². The Hall–Kier alpha value is -6.35.